The van der Waals surface area contributed by atoms with Gasteiger partial charge in [-0.25, -0.2) is 4.39 Å². The number of rotatable bonds is 1. The molecule has 0 saturated carbocycles. The van der Waals surface area contributed by atoms with Gasteiger partial charge < -0.3 is 0 Å². The number of fused-ring (bicyclic) bond motifs is 7. The maximum Gasteiger partial charge on any atom is 0.194 e. The molecule has 0 bridgehead atoms. The molecule has 5 rings (SSSR count). The molecule has 0 aliphatic heterocycles. The fourth-order valence-corrected chi connectivity index (χ4v) is 4.01. The Morgan fingerprint density at radius 1 is 0.692 bits per heavy atom. The first kappa shape index (κ1) is 15.0. The van der Waals surface area contributed by atoms with Gasteiger partial charge in [-0.05, 0) is 52.9 Å². The molecule has 0 aliphatic rings. The lowest BCUT2D eigenvalue weighted by Gasteiger charge is -1.96. The highest BCUT2D eigenvalue weighted by molar-refractivity contribution is 6.28. The van der Waals surface area contributed by atoms with Gasteiger partial charge in [0.05, 0.1) is 0 Å². The van der Waals surface area contributed by atoms with E-state index in [0.29, 0.717) is 32.3 Å². The van der Waals surface area contributed by atoms with Crippen LogP contribution in [0.15, 0.2) is 64.2 Å². The number of hydrogen-bond donors (Lipinski definition) is 0. The van der Waals surface area contributed by atoms with Gasteiger partial charge in [-0.15, -0.1) is 0 Å². The third-order valence-electron chi connectivity index (χ3n) is 5.11. The second-order valence-corrected chi connectivity index (χ2v) is 6.56. The monoisotopic (exact) mass is 340 g/mol. The molecule has 0 aliphatic carbocycles. The molecule has 5 aromatic rings. The first-order valence-electron chi connectivity index (χ1n) is 8.43. The van der Waals surface area contributed by atoms with Crippen molar-refractivity contribution in [2.45, 2.75) is 6.92 Å². The van der Waals surface area contributed by atoms with E-state index in [1.165, 1.54) is 12.1 Å². The molecule has 0 amide bonds. The normalized spacial score (nSPS) is 12.4. The lowest BCUT2D eigenvalue weighted by molar-refractivity contribution is 0.630. The van der Waals surface area contributed by atoms with Crippen LogP contribution in [0.1, 0.15) is 12.5 Å². The number of benzene rings is 3. The third kappa shape index (κ3) is 1.80. The van der Waals surface area contributed by atoms with Crippen molar-refractivity contribution in [3.05, 3.63) is 86.4 Å². The fraction of sp³-hybridized carbons (Fsp3) is 0.0435. The molecule has 0 heterocycles. The Kier molecular flexibility index (Phi) is 2.93. The molecule has 3 heteroatoms. The van der Waals surface area contributed by atoms with Gasteiger partial charge in [-0.3, -0.25) is 9.59 Å². The van der Waals surface area contributed by atoms with Crippen molar-refractivity contribution in [2.75, 3.05) is 0 Å². The van der Waals surface area contributed by atoms with Crippen LogP contribution in [-0.2, 0) is 0 Å². The van der Waals surface area contributed by atoms with Crippen molar-refractivity contribution in [1.82, 2.24) is 0 Å². The Balaban J connectivity index is 2.07. The number of allylic oxidation sites excluding steroid dienone is 1. The summed E-state index contributed by atoms with van der Waals surface area (Å²) >= 11 is 0. The van der Waals surface area contributed by atoms with E-state index in [0.717, 1.165) is 16.3 Å². The van der Waals surface area contributed by atoms with Gasteiger partial charge in [0.1, 0.15) is 5.82 Å². The van der Waals surface area contributed by atoms with Crippen LogP contribution in [0.25, 0.3) is 49.2 Å². The summed E-state index contributed by atoms with van der Waals surface area (Å²) in [5, 5.41) is 4.98. The highest BCUT2D eigenvalue weighted by Gasteiger charge is 2.19. The largest absolute Gasteiger partial charge is 0.289 e. The van der Waals surface area contributed by atoms with Crippen molar-refractivity contribution in [3.8, 4) is 0 Å². The van der Waals surface area contributed by atoms with E-state index in [9.17, 15) is 14.0 Å². The average Bonchev–Trinajstić information content (AvgIpc) is 3.08. The van der Waals surface area contributed by atoms with Gasteiger partial charge in [-0.2, -0.15) is 0 Å². The Morgan fingerprint density at radius 2 is 1.35 bits per heavy atom. The summed E-state index contributed by atoms with van der Waals surface area (Å²) < 4.78 is 13.6. The molecular formula is C23H13FO2. The molecule has 0 saturated heterocycles. The SMILES string of the molecule is C/C=C\c1ccc2c(c1)c(=O)c1c2ccc2c(=O)c3cc(F)ccc3c21. The topological polar surface area (TPSA) is 34.1 Å². The number of halogens is 1. The van der Waals surface area contributed by atoms with Crippen molar-refractivity contribution in [2.24, 2.45) is 0 Å². The van der Waals surface area contributed by atoms with Crippen LogP contribution >= 0.6 is 0 Å². The van der Waals surface area contributed by atoms with Crippen molar-refractivity contribution in [3.63, 3.8) is 0 Å². The van der Waals surface area contributed by atoms with Crippen molar-refractivity contribution in [1.29, 1.82) is 0 Å². The second kappa shape index (κ2) is 5.09. The molecule has 0 unspecified atom stereocenters. The van der Waals surface area contributed by atoms with Gasteiger partial charge in [0.15, 0.2) is 10.9 Å². The minimum Gasteiger partial charge on any atom is -0.289 e. The summed E-state index contributed by atoms with van der Waals surface area (Å²) in [6.07, 6.45) is 3.87. The molecule has 0 radical (unpaired) electrons. The van der Waals surface area contributed by atoms with Crippen LogP contribution in [0.4, 0.5) is 4.39 Å². The van der Waals surface area contributed by atoms with Crippen molar-refractivity contribution < 1.29 is 4.39 Å². The fourth-order valence-electron chi connectivity index (χ4n) is 4.01. The lowest BCUT2D eigenvalue weighted by Crippen LogP contribution is -1.96. The zero-order valence-electron chi connectivity index (χ0n) is 14.0. The van der Waals surface area contributed by atoms with E-state index < -0.39 is 5.82 Å². The Labute approximate surface area is 147 Å². The second-order valence-electron chi connectivity index (χ2n) is 6.56. The van der Waals surface area contributed by atoms with Gasteiger partial charge in [0.2, 0.25) is 0 Å². The van der Waals surface area contributed by atoms with E-state index in [-0.39, 0.29) is 10.9 Å². The smallest absolute Gasteiger partial charge is 0.194 e. The summed E-state index contributed by atoms with van der Waals surface area (Å²) in [5.74, 6) is -0.452. The van der Waals surface area contributed by atoms with Crippen LogP contribution in [0.5, 0.6) is 0 Å². The Morgan fingerprint density at radius 3 is 2.15 bits per heavy atom. The molecule has 5 aromatic carbocycles. The first-order chi connectivity index (χ1) is 12.6. The predicted molar refractivity (Wildman–Crippen MR) is 106 cm³/mol. The Hall–Kier alpha value is -3.33. The summed E-state index contributed by atoms with van der Waals surface area (Å²) in [5.41, 5.74) is 0.654. The summed E-state index contributed by atoms with van der Waals surface area (Å²) in [6, 6.07) is 13.6. The van der Waals surface area contributed by atoms with Gasteiger partial charge >= 0.3 is 0 Å². The molecular weight excluding hydrogens is 327 g/mol. The minimum absolute atomic E-state index is 0.0804. The Bertz CT molecular complexity index is 1480. The van der Waals surface area contributed by atoms with E-state index >= 15 is 0 Å². The van der Waals surface area contributed by atoms with Gasteiger partial charge in [0.25, 0.3) is 0 Å². The zero-order chi connectivity index (χ0) is 18.0. The van der Waals surface area contributed by atoms with Crippen LogP contribution in [0.3, 0.4) is 0 Å². The molecule has 124 valence electrons. The molecule has 0 N–H and O–H groups in total. The maximum absolute atomic E-state index is 13.6. The van der Waals surface area contributed by atoms with E-state index in [2.05, 4.69) is 0 Å². The molecule has 0 spiro atoms. The highest BCUT2D eigenvalue weighted by atomic mass is 19.1. The lowest BCUT2D eigenvalue weighted by atomic mass is 10.1. The molecule has 0 fully saturated rings. The maximum atomic E-state index is 13.6. The summed E-state index contributed by atoms with van der Waals surface area (Å²) in [4.78, 5) is 25.8. The standard InChI is InChI=1S/C23H13FO2/c1-2-3-12-4-6-14-15-8-9-17-20(21(15)23(26)18(14)10-12)16-7-5-13(24)11-19(16)22(17)25/h2-11H,1H3/b3-2-. The summed E-state index contributed by atoms with van der Waals surface area (Å²) in [7, 11) is 0. The van der Waals surface area contributed by atoms with Crippen molar-refractivity contribution >= 4 is 49.2 Å². The van der Waals surface area contributed by atoms with E-state index in [4.69, 9.17) is 0 Å². The van der Waals surface area contributed by atoms with Crippen LogP contribution in [-0.4, -0.2) is 0 Å². The van der Waals surface area contributed by atoms with E-state index in [1.807, 2.05) is 43.3 Å². The summed E-state index contributed by atoms with van der Waals surface area (Å²) in [6.45, 7) is 1.93. The molecule has 0 atom stereocenters. The van der Waals surface area contributed by atoms with Crippen LogP contribution in [0, 0.1) is 5.82 Å². The third-order valence-corrected chi connectivity index (χ3v) is 5.11. The average molecular weight is 340 g/mol. The first-order valence-corrected chi connectivity index (χ1v) is 8.43. The number of hydrogen-bond acceptors (Lipinski definition) is 2. The molecule has 26 heavy (non-hydrogen) atoms. The van der Waals surface area contributed by atoms with Gasteiger partial charge in [0, 0.05) is 26.9 Å². The molecule has 2 nitrogen and oxygen atoms in total. The van der Waals surface area contributed by atoms with Crippen LogP contribution < -0.4 is 10.9 Å². The highest BCUT2D eigenvalue weighted by Crippen LogP contribution is 2.34. The van der Waals surface area contributed by atoms with Crippen LogP contribution in [0.2, 0.25) is 0 Å². The van der Waals surface area contributed by atoms with Gasteiger partial charge in [-0.1, -0.05) is 36.4 Å². The van der Waals surface area contributed by atoms with E-state index in [1.54, 1.807) is 12.1 Å². The quantitative estimate of drug-likeness (QED) is 0.427. The predicted octanol–water partition coefficient (Wildman–Crippen LogP) is 5.07. The molecule has 0 aromatic heterocycles. The zero-order valence-corrected chi connectivity index (χ0v) is 14.0. The minimum atomic E-state index is -0.452.